The van der Waals surface area contributed by atoms with Crippen molar-refractivity contribution in [2.75, 3.05) is 13.2 Å². The van der Waals surface area contributed by atoms with Gasteiger partial charge in [0, 0.05) is 5.57 Å². The molecule has 18 heavy (non-hydrogen) atoms. The molecule has 0 amide bonds. The number of allylic oxidation sites excluding steroid dienone is 1. The lowest BCUT2D eigenvalue weighted by atomic mass is 10.1. The summed E-state index contributed by atoms with van der Waals surface area (Å²) in [5, 5.41) is 0. The summed E-state index contributed by atoms with van der Waals surface area (Å²) in [5.74, 6) is 0.404. The van der Waals surface area contributed by atoms with Gasteiger partial charge in [-0.2, -0.15) is 0 Å². The van der Waals surface area contributed by atoms with E-state index < -0.39 is 5.97 Å². The standard InChI is InChI=1S/C15H18O3/c1-4-7-13-8-5-6-9-14(13)17-10-11-18-15(16)12(2)3/h4-6,8-9H,1-2,7,10-11H2,3H3. The van der Waals surface area contributed by atoms with Crippen molar-refractivity contribution < 1.29 is 14.3 Å². The molecule has 0 radical (unpaired) electrons. The zero-order valence-electron chi connectivity index (χ0n) is 10.6. The number of ether oxygens (including phenoxy) is 2. The van der Waals surface area contributed by atoms with Gasteiger partial charge in [-0.25, -0.2) is 4.79 Å². The van der Waals surface area contributed by atoms with Crippen molar-refractivity contribution in [1.82, 2.24) is 0 Å². The molecule has 0 atom stereocenters. The lowest BCUT2D eigenvalue weighted by Crippen LogP contribution is -2.12. The molecule has 96 valence electrons. The highest BCUT2D eigenvalue weighted by Gasteiger charge is 2.04. The first-order valence-electron chi connectivity index (χ1n) is 5.79. The van der Waals surface area contributed by atoms with Gasteiger partial charge in [-0.1, -0.05) is 30.9 Å². The quantitative estimate of drug-likeness (QED) is 0.321. The molecule has 1 aromatic carbocycles. The molecule has 0 heterocycles. The van der Waals surface area contributed by atoms with Gasteiger partial charge in [0.25, 0.3) is 0 Å². The van der Waals surface area contributed by atoms with E-state index >= 15 is 0 Å². The lowest BCUT2D eigenvalue weighted by molar-refractivity contribution is -0.139. The molecule has 1 aromatic rings. The van der Waals surface area contributed by atoms with E-state index in [-0.39, 0.29) is 6.61 Å². The van der Waals surface area contributed by atoms with E-state index in [1.165, 1.54) is 0 Å². The Morgan fingerprint density at radius 2 is 2.06 bits per heavy atom. The molecule has 0 spiro atoms. The van der Waals surface area contributed by atoms with Gasteiger partial charge < -0.3 is 9.47 Å². The van der Waals surface area contributed by atoms with Gasteiger partial charge in [-0.3, -0.25) is 0 Å². The number of rotatable bonds is 7. The van der Waals surface area contributed by atoms with E-state index in [2.05, 4.69) is 13.2 Å². The molecule has 1 rings (SSSR count). The maximum atomic E-state index is 11.1. The lowest BCUT2D eigenvalue weighted by Gasteiger charge is -2.10. The number of benzene rings is 1. The highest BCUT2D eigenvalue weighted by molar-refractivity contribution is 5.86. The minimum atomic E-state index is -0.391. The third-order valence-corrected chi connectivity index (χ3v) is 2.26. The summed E-state index contributed by atoms with van der Waals surface area (Å²) in [5.41, 5.74) is 1.46. The smallest absolute Gasteiger partial charge is 0.333 e. The predicted molar refractivity (Wildman–Crippen MR) is 71.6 cm³/mol. The van der Waals surface area contributed by atoms with Crippen molar-refractivity contribution >= 4 is 5.97 Å². The number of para-hydroxylation sites is 1. The van der Waals surface area contributed by atoms with Gasteiger partial charge in [-0.15, -0.1) is 6.58 Å². The van der Waals surface area contributed by atoms with Gasteiger partial charge >= 0.3 is 5.97 Å². The van der Waals surface area contributed by atoms with Crippen LogP contribution in [0.1, 0.15) is 12.5 Å². The molecule has 0 fully saturated rings. The predicted octanol–water partition coefficient (Wildman–Crippen LogP) is 2.91. The Morgan fingerprint density at radius 1 is 1.33 bits per heavy atom. The Morgan fingerprint density at radius 3 is 2.72 bits per heavy atom. The Bertz CT molecular complexity index is 435. The van der Waals surface area contributed by atoms with Crippen LogP contribution in [0, 0.1) is 0 Å². The average Bonchev–Trinajstić information content (AvgIpc) is 2.36. The second kappa shape index (κ2) is 7.33. The van der Waals surface area contributed by atoms with Crippen LogP contribution in [0.25, 0.3) is 0 Å². The molecule has 0 aliphatic rings. The van der Waals surface area contributed by atoms with Crippen LogP contribution < -0.4 is 4.74 Å². The first-order chi connectivity index (χ1) is 8.65. The normalized spacial score (nSPS) is 9.61. The number of hydrogen-bond acceptors (Lipinski definition) is 3. The van der Waals surface area contributed by atoms with Crippen molar-refractivity contribution in [2.24, 2.45) is 0 Å². The average molecular weight is 246 g/mol. The first kappa shape index (κ1) is 14.0. The second-order valence-corrected chi connectivity index (χ2v) is 3.87. The maximum absolute atomic E-state index is 11.1. The Balaban J connectivity index is 2.41. The topological polar surface area (TPSA) is 35.5 Å². The molecule has 0 saturated carbocycles. The summed E-state index contributed by atoms with van der Waals surface area (Å²) < 4.78 is 10.5. The van der Waals surface area contributed by atoms with E-state index in [4.69, 9.17) is 9.47 Å². The molecule has 0 aromatic heterocycles. The summed E-state index contributed by atoms with van der Waals surface area (Å²) in [4.78, 5) is 11.1. The highest BCUT2D eigenvalue weighted by Crippen LogP contribution is 2.18. The number of esters is 1. The fraction of sp³-hybridized carbons (Fsp3) is 0.267. The van der Waals surface area contributed by atoms with E-state index in [9.17, 15) is 4.79 Å². The van der Waals surface area contributed by atoms with Gasteiger partial charge in [0.2, 0.25) is 0 Å². The van der Waals surface area contributed by atoms with Crippen molar-refractivity contribution in [3.63, 3.8) is 0 Å². The molecule has 0 unspecified atom stereocenters. The third kappa shape index (κ3) is 4.45. The van der Waals surface area contributed by atoms with Gasteiger partial charge in [0.15, 0.2) is 0 Å². The molecule has 0 aliphatic carbocycles. The summed E-state index contributed by atoms with van der Waals surface area (Å²) in [6.07, 6.45) is 2.57. The van der Waals surface area contributed by atoms with Crippen LogP contribution in [0.5, 0.6) is 5.75 Å². The molecular weight excluding hydrogens is 228 g/mol. The molecule has 3 heteroatoms. The monoisotopic (exact) mass is 246 g/mol. The zero-order valence-corrected chi connectivity index (χ0v) is 10.6. The van der Waals surface area contributed by atoms with Crippen LogP contribution in [0.3, 0.4) is 0 Å². The van der Waals surface area contributed by atoms with E-state index in [1.54, 1.807) is 6.92 Å². The minimum absolute atomic E-state index is 0.216. The van der Waals surface area contributed by atoms with Crippen molar-refractivity contribution in [3.8, 4) is 5.75 Å². The van der Waals surface area contributed by atoms with E-state index in [1.807, 2.05) is 30.3 Å². The highest BCUT2D eigenvalue weighted by atomic mass is 16.6. The Kier molecular flexibility index (Phi) is 5.71. The molecule has 0 aliphatic heterocycles. The summed E-state index contributed by atoms with van der Waals surface area (Å²) in [6.45, 7) is 9.36. The van der Waals surface area contributed by atoms with Gasteiger partial charge in [-0.05, 0) is 25.0 Å². The first-order valence-corrected chi connectivity index (χ1v) is 5.79. The molecule has 3 nitrogen and oxygen atoms in total. The van der Waals surface area contributed by atoms with E-state index in [0.29, 0.717) is 12.2 Å². The van der Waals surface area contributed by atoms with Gasteiger partial charge in [0.1, 0.15) is 19.0 Å². The Labute approximate surface area is 108 Å². The van der Waals surface area contributed by atoms with Crippen molar-refractivity contribution in [1.29, 1.82) is 0 Å². The molecular formula is C15H18O3. The number of hydrogen-bond donors (Lipinski definition) is 0. The van der Waals surface area contributed by atoms with Crippen LogP contribution in [0.2, 0.25) is 0 Å². The number of carbonyl (C=O) groups excluding carboxylic acids is 1. The van der Waals surface area contributed by atoms with Crippen molar-refractivity contribution in [3.05, 3.63) is 54.6 Å². The summed E-state index contributed by atoms with van der Waals surface area (Å²) in [6, 6.07) is 7.73. The van der Waals surface area contributed by atoms with Gasteiger partial charge in [0.05, 0.1) is 0 Å². The zero-order chi connectivity index (χ0) is 13.4. The van der Waals surface area contributed by atoms with E-state index in [0.717, 1.165) is 17.7 Å². The largest absolute Gasteiger partial charge is 0.490 e. The minimum Gasteiger partial charge on any atom is -0.490 e. The van der Waals surface area contributed by atoms with Crippen LogP contribution in [0.4, 0.5) is 0 Å². The fourth-order valence-electron chi connectivity index (χ4n) is 1.38. The summed E-state index contributed by atoms with van der Waals surface area (Å²) >= 11 is 0. The SMILES string of the molecule is C=CCc1ccccc1OCCOC(=O)C(=C)C. The fourth-order valence-corrected chi connectivity index (χ4v) is 1.38. The third-order valence-electron chi connectivity index (χ3n) is 2.26. The molecule has 0 bridgehead atoms. The Hall–Kier alpha value is -2.03. The molecule has 0 saturated heterocycles. The maximum Gasteiger partial charge on any atom is 0.333 e. The van der Waals surface area contributed by atoms with Crippen LogP contribution in [0.15, 0.2) is 49.1 Å². The summed E-state index contributed by atoms with van der Waals surface area (Å²) in [7, 11) is 0. The van der Waals surface area contributed by atoms with Crippen molar-refractivity contribution in [2.45, 2.75) is 13.3 Å². The molecule has 0 N–H and O–H groups in total. The second-order valence-electron chi connectivity index (χ2n) is 3.87. The number of carbonyl (C=O) groups is 1. The van der Waals surface area contributed by atoms with Crippen LogP contribution in [-0.2, 0) is 16.0 Å². The van der Waals surface area contributed by atoms with Crippen LogP contribution in [-0.4, -0.2) is 19.2 Å². The van der Waals surface area contributed by atoms with Crippen LogP contribution >= 0.6 is 0 Å².